The van der Waals surface area contributed by atoms with Crippen LogP contribution in [0.3, 0.4) is 0 Å². The van der Waals surface area contributed by atoms with Crippen molar-refractivity contribution in [2.45, 2.75) is 58.4 Å². The van der Waals surface area contributed by atoms with Crippen molar-refractivity contribution in [1.82, 2.24) is 0 Å². The zero-order chi connectivity index (χ0) is 18.1. The highest BCUT2D eigenvalue weighted by Crippen LogP contribution is 2.47. The summed E-state index contributed by atoms with van der Waals surface area (Å²) in [5.41, 5.74) is 2.50. The van der Waals surface area contributed by atoms with Crippen LogP contribution in [0.2, 0.25) is 18.1 Å². The van der Waals surface area contributed by atoms with E-state index in [1.807, 2.05) is 0 Å². The van der Waals surface area contributed by atoms with Crippen LogP contribution in [0.25, 0.3) is 5.57 Å². The average molecular weight is 351 g/mol. The van der Waals surface area contributed by atoms with E-state index in [1.165, 1.54) is 18.2 Å². The molecule has 1 aliphatic rings. The molecule has 1 aliphatic carbocycles. The largest absolute Gasteiger partial charge is 0.463 e. The molecule has 1 unspecified atom stereocenters. The lowest BCUT2D eigenvalue weighted by Crippen LogP contribution is -2.41. The SMILES string of the molecule is CCOC(=O)/C=C1\CC(O[Si](C)(C)C(C)(C)C)c2ccc(F)cc21. The Morgan fingerprint density at radius 3 is 2.62 bits per heavy atom. The summed E-state index contributed by atoms with van der Waals surface area (Å²) in [4.78, 5) is 11.8. The Balaban J connectivity index is 2.36. The van der Waals surface area contributed by atoms with Crippen LogP contribution in [0.5, 0.6) is 0 Å². The Labute approximate surface area is 145 Å². The lowest BCUT2D eigenvalue weighted by atomic mass is 10.1. The molecule has 24 heavy (non-hydrogen) atoms. The molecule has 0 radical (unpaired) electrons. The van der Waals surface area contributed by atoms with Crippen LogP contribution in [0.15, 0.2) is 24.3 Å². The molecule has 1 aromatic rings. The maximum absolute atomic E-state index is 13.7. The normalized spacial score (nSPS) is 19.5. The molecule has 132 valence electrons. The molecule has 0 N–H and O–H groups in total. The van der Waals surface area contributed by atoms with Gasteiger partial charge >= 0.3 is 5.97 Å². The summed E-state index contributed by atoms with van der Waals surface area (Å²) < 4.78 is 25.2. The Bertz CT molecular complexity index is 659. The third-order valence-electron chi connectivity index (χ3n) is 4.94. The smallest absolute Gasteiger partial charge is 0.331 e. The first-order valence-electron chi connectivity index (χ1n) is 8.40. The molecule has 2 rings (SSSR count). The van der Waals surface area contributed by atoms with Gasteiger partial charge in [0.2, 0.25) is 0 Å². The van der Waals surface area contributed by atoms with Crippen LogP contribution in [-0.4, -0.2) is 20.9 Å². The number of hydrogen-bond acceptors (Lipinski definition) is 3. The summed E-state index contributed by atoms with van der Waals surface area (Å²) in [5, 5.41) is 0.0841. The van der Waals surface area contributed by atoms with Crippen molar-refractivity contribution >= 4 is 19.9 Å². The fraction of sp³-hybridized carbons (Fsp3) is 0.526. The molecule has 1 atom stereocenters. The minimum Gasteiger partial charge on any atom is -0.463 e. The highest BCUT2D eigenvalue weighted by molar-refractivity contribution is 6.74. The van der Waals surface area contributed by atoms with E-state index >= 15 is 0 Å². The number of carbonyl (C=O) groups is 1. The number of ether oxygens (including phenoxy) is 1. The van der Waals surface area contributed by atoms with Crippen molar-refractivity contribution in [2.75, 3.05) is 6.61 Å². The lowest BCUT2D eigenvalue weighted by molar-refractivity contribution is -0.137. The molecule has 1 aromatic carbocycles. The van der Waals surface area contributed by atoms with Crippen LogP contribution in [-0.2, 0) is 14.0 Å². The molecule has 3 nitrogen and oxygen atoms in total. The van der Waals surface area contributed by atoms with Crippen LogP contribution in [0.1, 0.15) is 51.3 Å². The van der Waals surface area contributed by atoms with Gasteiger partial charge in [-0.25, -0.2) is 9.18 Å². The van der Waals surface area contributed by atoms with Gasteiger partial charge in [-0.1, -0.05) is 26.8 Å². The number of hydrogen-bond donors (Lipinski definition) is 0. The van der Waals surface area contributed by atoms with Gasteiger partial charge in [-0.2, -0.15) is 0 Å². The molecule has 0 spiro atoms. The predicted octanol–water partition coefficient (Wildman–Crippen LogP) is 5.24. The van der Waals surface area contributed by atoms with Gasteiger partial charge in [-0.15, -0.1) is 0 Å². The average Bonchev–Trinajstić information content (AvgIpc) is 2.74. The molecule has 0 saturated heterocycles. The standard InChI is InChI=1S/C19H27FO3Si/c1-7-22-18(21)11-13-10-17(23-24(5,6)19(2,3)4)15-9-8-14(20)12-16(13)15/h8-9,11-12,17H,7,10H2,1-6H3/b13-11+. The van der Waals surface area contributed by atoms with Gasteiger partial charge in [0.1, 0.15) is 5.82 Å². The van der Waals surface area contributed by atoms with E-state index < -0.39 is 14.3 Å². The van der Waals surface area contributed by atoms with Crippen LogP contribution >= 0.6 is 0 Å². The maximum atomic E-state index is 13.7. The summed E-state index contributed by atoms with van der Waals surface area (Å²) in [7, 11) is -1.97. The third-order valence-corrected chi connectivity index (χ3v) is 9.42. The zero-order valence-electron chi connectivity index (χ0n) is 15.4. The van der Waals surface area contributed by atoms with Crippen molar-refractivity contribution in [1.29, 1.82) is 0 Å². The second-order valence-corrected chi connectivity index (χ2v) is 12.5. The van der Waals surface area contributed by atoms with E-state index in [4.69, 9.17) is 9.16 Å². The summed E-state index contributed by atoms with van der Waals surface area (Å²) in [6.45, 7) is 13.1. The Kier molecular flexibility index (Phi) is 5.35. The van der Waals surface area contributed by atoms with E-state index in [-0.39, 0.29) is 17.0 Å². The molecule has 5 heteroatoms. The van der Waals surface area contributed by atoms with Crippen molar-refractivity contribution in [3.8, 4) is 0 Å². The fourth-order valence-corrected chi connectivity index (χ4v) is 3.88. The second kappa shape index (κ2) is 6.80. The van der Waals surface area contributed by atoms with Crippen molar-refractivity contribution in [3.63, 3.8) is 0 Å². The number of halogens is 1. The number of carbonyl (C=O) groups excluding carboxylic acids is 1. The Morgan fingerprint density at radius 1 is 1.38 bits per heavy atom. The minimum absolute atomic E-state index is 0.0841. The van der Waals surface area contributed by atoms with E-state index in [0.29, 0.717) is 13.0 Å². The summed E-state index contributed by atoms with van der Waals surface area (Å²) >= 11 is 0. The second-order valence-electron chi connectivity index (χ2n) is 7.72. The molecule has 0 heterocycles. The summed E-state index contributed by atoms with van der Waals surface area (Å²) in [5.74, 6) is -0.702. The first kappa shape index (κ1) is 18.9. The van der Waals surface area contributed by atoms with E-state index in [1.54, 1.807) is 13.0 Å². The third kappa shape index (κ3) is 3.95. The van der Waals surface area contributed by atoms with Gasteiger partial charge in [0.05, 0.1) is 12.7 Å². The maximum Gasteiger partial charge on any atom is 0.331 e. The van der Waals surface area contributed by atoms with Gasteiger partial charge in [-0.3, -0.25) is 0 Å². The number of fused-ring (bicyclic) bond motifs is 1. The quantitative estimate of drug-likeness (QED) is 0.423. The number of rotatable bonds is 4. The molecular weight excluding hydrogens is 323 g/mol. The zero-order valence-corrected chi connectivity index (χ0v) is 16.4. The molecule has 0 fully saturated rings. The van der Waals surface area contributed by atoms with Gasteiger partial charge in [0.15, 0.2) is 8.32 Å². The summed E-state index contributed by atoms with van der Waals surface area (Å²) in [6, 6.07) is 4.71. The van der Waals surface area contributed by atoms with Gasteiger partial charge in [0, 0.05) is 12.5 Å². The molecule has 0 saturated carbocycles. The first-order chi connectivity index (χ1) is 11.0. The molecule has 0 aromatic heterocycles. The number of esters is 1. The van der Waals surface area contributed by atoms with Gasteiger partial charge in [0.25, 0.3) is 0 Å². The Morgan fingerprint density at radius 2 is 2.04 bits per heavy atom. The highest BCUT2D eigenvalue weighted by Gasteiger charge is 2.41. The molecular formula is C19H27FO3Si. The first-order valence-corrected chi connectivity index (χ1v) is 11.3. The van der Waals surface area contributed by atoms with Crippen LogP contribution < -0.4 is 0 Å². The fourth-order valence-electron chi connectivity index (χ4n) is 2.61. The van der Waals surface area contributed by atoms with Gasteiger partial charge in [-0.05, 0) is 53.9 Å². The lowest BCUT2D eigenvalue weighted by Gasteiger charge is -2.38. The van der Waals surface area contributed by atoms with Gasteiger partial charge < -0.3 is 9.16 Å². The number of benzene rings is 1. The molecule has 0 amide bonds. The van der Waals surface area contributed by atoms with E-state index in [0.717, 1.165) is 16.7 Å². The van der Waals surface area contributed by atoms with Crippen molar-refractivity contribution in [2.24, 2.45) is 0 Å². The summed E-state index contributed by atoms with van der Waals surface area (Å²) in [6.07, 6.45) is 1.91. The highest BCUT2D eigenvalue weighted by atomic mass is 28.4. The molecule has 0 bridgehead atoms. The monoisotopic (exact) mass is 350 g/mol. The molecule has 0 aliphatic heterocycles. The van der Waals surface area contributed by atoms with Crippen LogP contribution in [0, 0.1) is 5.82 Å². The van der Waals surface area contributed by atoms with Crippen LogP contribution in [0.4, 0.5) is 4.39 Å². The van der Waals surface area contributed by atoms with E-state index in [2.05, 4.69) is 33.9 Å². The van der Waals surface area contributed by atoms with Crippen molar-refractivity contribution < 1.29 is 18.3 Å². The minimum atomic E-state index is -1.97. The predicted molar refractivity (Wildman–Crippen MR) is 96.7 cm³/mol. The van der Waals surface area contributed by atoms with E-state index in [9.17, 15) is 9.18 Å². The van der Waals surface area contributed by atoms with Crippen molar-refractivity contribution in [3.05, 3.63) is 41.2 Å². The topological polar surface area (TPSA) is 35.5 Å². The Hall–Kier alpha value is -1.46.